The highest BCUT2D eigenvalue weighted by molar-refractivity contribution is 6.35. The second-order valence-electron chi connectivity index (χ2n) is 11.2. The van der Waals surface area contributed by atoms with Gasteiger partial charge in [0.2, 0.25) is 0 Å². The van der Waals surface area contributed by atoms with Crippen LogP contribution < -0.4 is 14.8 Å². The molecule has 1 saturated heterocycles. The number of aromatic nitrogens is 3. The summed E-state index contributed by atoms with van der Waals surface area (Å²) < 4.78 is 26.0. The number of anilines is 1. The Balaban J connectivity index is 1.13. The average molecular weight is 641 g/mol. The normalized spacial score (nSPS) is 13.9. The lowest BCUT2D eigenvalue weighted by molar-refractivity contribution is 0.102. The molecule has 236 valence electrons. The largest absolute Gasteiger partial charge is 0.495 e. The molecule has 0 unspecified atom stereocenters. The second-order valence-corrected chi connectivity index (χ2v) is 11.6. The maximum Gasteiger partial charge on any atom is 0.259 e. The first-order valence-electron chi connectivity index (χ1n) is 14.9. The Labute approximate surface area is 272 Å². The minimum absolute atomic E-state index is 0.0370. The van der Waals surface area contributed by atoms with Gasteiger partial charge in [-0.25, -0.2) is 9.37 Å². The van der Waals surface area contributed by atoms with Gasteiger partial charge in [-0.3, -0.25) is 24.6 Å². The van der Waals surface area contributed by atoms with Gasteiger partial charge in [0.15, 0.2) is 11.6 Å². The summed E-state index contributed by atoms with van der Waals surface area (Å²) in [5.74, 6) is -0.485. The van der Waals surface area contributed by atoms with Gasteiger partial charge in [0, 0.05) is 75.1 Å². The van der Waals surface area contributed by atoms with Crippen LogP contribution >= 0.6 is 11.6 Å². The van der Waals surface area contributed by atoms with Crippen LogP contribution in [0.2, 0.25) is 5.02 Å². The summed E-state index contributed by atoms with van der Waals surface area (Å²) in [4.78, 5) is 31.6. The minimum Gasteiger partial charge on any atom is -0.495 e. The molecule has 1 aliphatic rings. The molecule has 3 heterocycles. The molecule has 2 aromatic heterocycles. The molecule has 0 radical (unpaired) electrons. The summed E-state index contributed by atoms with van der Waals surface area (Å²) in [6, 6.07) is 17.0. The maximum atomic E-state index is 15.5. The summed E-state index contributed by atoms with van der Waals surface area (Å²) in [6.45, 7) is 7.84. The van der Waals surface area contributed by atoms with E-state index in [1.807, 2.05) is 6.07 Å². The molecule has 0 saturated carbocycles. The summed E-state index contributed by atoms with van der Waals surface area (Å²) in [5.41, 5.74) is 4.91. The Morgan fingerprint density at radius 1 is 0.848 bits per heavy atom. The maximum absolute atomic E-state index is 15.5. The third-order valence-electron chi connectivity index (χ3n) is 8.18. The number of rotatable bonds is 9. The average Bonchev–Trinajstić information content (AvgIpc) is 3.07. The van der Waals surface area contributed by atoms with Crippen LogP contribution in [-0.2, 0) is 13.1 Å². The third-order valence-corrected chi connectivity index (χ3v) is 8.55. The Morgan fingerprint density at radius 3 is 2.11 bits per heavy atom. The SMILES string of the molecule is COc1cc(OC)c(Cl)c(-c2ccc(C(=O)Nc3ccc(CN4CCN(Cc5ccc(C)cc5)CC4)cn3)c3nccnc23)c1F. The standard InChI is InChI=1S/C35H34ClFN6O3/c1-22-4-6-23(7-5-22)20-42-14-16-43(17-15-42)21-24-8-11-29(40-19-24)41-35(44)26-10-9-25(33-34(26)39-13-12-38-33)30-31(36)27(45-2)18-28(46-3)32(30)37/h4-13,18-19H,14-17,20-21H2,1-3H3,(H,40,41,44). The lowest BCUT2D eigenvalue weighted by Gasteiger charge is -2.34. The molecular weight excluding hydrogens is 607 g/mol. The number of hydrogen-bond donors (Lipinski definition) is 1. The number of aryl methyl sites for hydroxylation is 1. The van der Waals surface area contributed by atoms with Crippen LogP contribution in [0.3, 0.4) is 0 Å². The van der Waals surface area contributed by atoms with E-state index < -0.39 is 11.7 Å². The summed E-state index contributed by atoms with van der Waals surface area (Å²) in [7, 11) is 2.79. The number of nitrogens with one attached hydrogen (secondary N) is 1. The molecule has 9 nitrogen and oxygen atoms in total. The molecule has 1 fully saturated rings. The van der Waals surface area contributed by atoms with Crippen LogP contribution in [0.4, 0.5) is 10.2 Å². The van der Waals surface area contributed by atoms with Crippen LogP contribution in [-0.4, -0.2) is 71.1 Å². The van der Waals surface area contributed by atoms with Crippen LogP contribution in [0.25, 0.3) is 22.2 Å². The fourth-order valence-corrected chi connectivity index (χ4v) is 5.97. The van der Waals surface area contributed by atoms with Gasteiger partial charge in [-0.1, -0.05) is 53.6 Å². The molecule has 6 rings (SSSR count). The highest BCUT2D eigenvalue weighted by Crippen LogP contribution is 2.44. The lowest BCUT2D eigenvalue weighted by Crippen LogP contribution is -2.45. The van der Waals surface area contributed by atoms with Gasteiger partial charge in [0.1, 0.15) is 17.1 Å². The number of methoxy groups -OCH3 is 2. The molecule has 46 heavy (non-hydrogen) atoms. The van der Waals surface area contributed by atoms with E-state index in [0.29, 0.717) is 16.9 Å². The molecule has 3 aromatic carbocycles. The first-order chi connectivity index (χ1) is 22.3. The molecular formula is C35H34ClFN6O3. The van der Waals surface area contributed by atoms with E-state index in [2.05, 4.69) is 61.3 Å². The van der Waals surface area contributed by atoms with Crippen molar-refractivity contribution in [2.75, 3.05) is 45.7 Å². The van der Waals surface area contributed by atoms with Gasteiger partial charge in [-0.15, -0.1) is 0 Å². The highest BCUT2D eigenvalue weighted by atomic mass is 35.5. The third kappa shape index (κ3) is 6.64. The topological polar surface area (TPSA) is 92.7 Å². The van der Waals surface area contributed by atoms with Gasteiger partial charge in [-0.05, 0) is 30.2 Å². The fraction of sp³-hybridized carbons (Fsp3) is 0.257. The number of halogens is 2. The second kappa shape index (κ2) is 13.8. The molecule has 1 N–H and O–H groups in total. The van der Waals surface area contributed by atoms with Gasteiger partial charge >= 0.3 is 0 Å². The number of hydrogen-bond acceptors (Lipinski definition) is 8. The monoisotopic (exact) mass is 640 g/mol. The van der Waals surface area contributed by atoms with Crippen molar-refractivity contribution in [1.82, 2.24) is 24.8 Å². The minimum atomic E-state index is -0.675. The van der Waals surface area contributed by atoms with E-state index in [1.54, 1.807) is 24.4 Å². The number of nitrogens with zero attached hydrogens (tertiary/aromatic N) is 5. The van der Waals surface area contributed by atoms with Gasteiger partial charge in [-0.2, -0.15) is 0 Å². The number of benzene rings is 3. The van der Waals surface area contributed by atoms with Crippen molar-refractivity contribution in [1.29, 1.82) is 0 Å². The van der Waals surface area contributed by atoms with Gasteiger partial charge in [0.05, 0.1) is 30.3 Å². The van der Waals surface area contributed by atoms with E-state index in [9.17, 15) is 4.79 Å². The summed E-state index contributed by atoms with van der Waals surface area (Å²) in [5, 5.41) is 2.91. The van der Waals surface area contributed by atoms with Crippen molar-refractivity contribution in [3.05, 3.63) is 106 Å². The smallest absolute Gasteiger partial charge is 0.259 e. The van der Waals surface area contributed by atoms with Crippen molar-refractivity contribution in [3.8, 4) is 22.6 Å². The number of carbonyl (C=O) groups excluding carboxylic acids is 1. The Kier molecular flexibility index (Phi) is 9.39. The van der Waals surface area contributed by atoms with E-state index in [0.717, 1.165) is 44.8 Å². The number of carbonyl (C=O) groups is 1. The number of piperazine rings is 1. The van der Waals surface area contributed by atoms with E-state index >= 15 is 4.39 Å². The highest BCUT2D eigenvalue weighted by Gasteiger charge is 2.24. The van der Waals surface area contributed by atoms with Crippen molar-refractivity contribution in [3.63, 3.8) is 0 Å². The Bertz CT molecular complexity index is 1830. The predicted octanol–water partition coefficient (Wildman–Crippen LogP) is 6.38. The van der Waals surface area contributed by atoms with Crippen molar-refractivity contribution >= 4 is 34.4 Å². The van der Waals surface area contributed by atoms with Crippen molar-refractivity contribution < 1.29 is 18.7 Å². The van der Waals surface area contributed by atoms with Crippen LogP contribution in [0.15, 0.2) is 73.2 Å². The van der Waals surface area contributed by atoms with Crippen molar-refractivity contribution in [2.24, 2.45) is 0 Å². The molecule has 0 bridgehead atoms. The Morgan fingerprint density at radius 2 is 1.48 bits per heavy atom. The van der Waals surface area contributed by atoms with Gasteiger partial charge < -0.3 is 14.8 Å². The van der Waals surface area contributed by atoms with E-state index in [1.165, 1.54) is 43.8 Å². The number of pyridine rings is 1. The fourth-order valence-electron chi connectivity index (χ4n) is 5.65. The first-order valence-corrected chi connectivity index (χ1v) is 15.3. The quantitative estimate of drug-likeness (QED) is 0.198. The zero-order valence-electron chi connectivity index (χ0n) is 25.9. The first kappa shape index (κ1) is 31.3. The molecule has 1 amide bonds. The summed E-state index contributed by atoms with van der Waals surface area (Å²) >= 11 is 6.54. The molecule has 0 spiro atoms. The Hall–Kier alpha value is -4.64. The van der Waals surface area contributed by atoms with E-state index in [-0.39, 0.29) is 33.2 Å². The lowest BCUT2D eigenvalue weighted by atomic mass is 9.99. The zero-order valence-corrected chi connectivity index (χ0v) is 26.6. The molecule has 11 heteroatoms. The van der Waals surface area contributed by atoms with Crippen LogP contribution in [0, 0.1) is 12.7 Å². The predicted molar refractivity (Wildman–Crippen MR) is 177 cm³/mol. The zero-order chi connectivity index (χ0) is 32.2. The van der Waals surface area contributed by atoms with Gasteiger partial charge in [0.25, 0.3) is 5.91 Å². The number of ether oxygens (including phenoxy) is 2. The van der Waals surface area contributed by atoms with Crippen molar-refractivity contribution in [2.45, 2.75) is 20.0 Å². The molecule has 5 aromatic rings. The molecule has 1 aliphatic heterocycles. The summed E-state index contributed by atoms with van der Waals surface area (Å²) in [6.07, 6.45) is 4.74. The molecule has 0 aliphatic carbocycles. The van der Waals surface area contributed by atoms with E-state index in [4.69, 9.17) is 21.1 Å². The van der Waals surface area contributed by atoms with Crippen LogP contribution in [0.1, 0.15) is 27.0 Å². The number of fused-ring (bicyclic) bond motifs is 1. The molecule has 0 atom stereocenters. The number of amides is 1. The van der Waals surface area contributed by atoms with Crippen LogP contribution in [0.5, 0.6) is 11.5 Å².